The van der Waals surface area contributed by atoms with Crippen LogP contribution in [0, 0.1) is 0 Å². The summed E-state index contributed by atoms with van der Waals surface area (Å²) in [4.78, 5) is 10.4. The van der Waals surface area contributed by atoms with E-state index in [0.717, 1.165) is 12.8 Å². The van der Waals surface area contributed by atoms with E-state index in [9.17, 15) is 9.90 Å². The predicted octanol–water partition coefficient (Wildman–Crippen LogP) is -3.83. The number of hydrogen-bond donors (Lipinski definition) is 1. The first-order valence-electron chi connectivity index (χ1n) is 3.74. The number of carbonyl (C=O) groups is 1. The Morgan fingerprint density at radius 3 is 2.69 bits per heavy atom. The van der Waals surface area contributed by atoms with Gasteiger partial charge in [0, 0.05) is 0 Å². The zero-order valence-corrected chi connectivity index (χ0v) is 10.5. The van der Waals surface area contributed by atoms with E-state index < -0.39 is 5.97 Å². The van der Waals surface area contributed by atoms with Crippen LogP contribution in [0.3, 0.4) is 0 Å². The number of nitrogen functional groups attached to an aromatic ring is 1. The molecular weight excluding hydrogens is 197 g/mol. The number of carbonyl (C=O) groups excluding carboxylic acids is 1. The van der Waals surface area contributed by atoms with Crippen molar-refractivity contribution in [2.75, 3.05) is 5.73 Å². The van der Waals surface area contributed by atoms with Crippen molar-refractivity contribution in [3.63, 3.8) is 0 Å². The Morgan fingerprint density at radius 2 is 2.31 bits per heavy atom. The van der Waals surface area contributed by atoms with Crippen LogP contribution in [0.15, 0.2) is 6.20 Å². The molecule has 1 saturated carbocycles. The number of aromatic nitrogens is 2. The van der Waals surface area contributed by atoms with Crippen LogP contribution in [0.1, 0.15) is 29.2 Å². The molecule has 0 saturated heterocycles. The largest absolute Gasteiger partial charge is 1.00 e. The van der Waals surface area contributed by atoms with Crippen LogP contribution >= 0.6 is 0 Å². The van der Waals surface area contributed by atoms with Crippen LogP contribution in [0.5, 0.6) is 0 Å². The standard InChI is InChI=1S/C7H9N3O2.K/c8-6-5(7(11)12)3-9-10(6)4-1-2-4;/h3-4H,1-2,8H2,(H,11,12);/q;+1/p-1. The molecule has 0 amide bonds. The van der Waals surface area contributed by atoms with Gasteiger partial charge in [-0.15, -0.1) is 0 Å². The smallest absolute Gasteiger partial charge is 0.545 e. The summed E-state index contributed by atoms with van der Waals surface area (Å²) >= 11 is 0. The van der Waals surface area contributed by atoms with Gasteiger partial charge in [-0.05, 0) is 12.8 Å². The van der Waals surface area contributed by atoms with Crippen molar-refractivity contribution in [2.24, 2.45) is 0 Å². The van der Waals surface area contributed by atoms with Gasteiger partial charge in [0.15, 0.2) is 0 Å². The maximum Gasteiger partial charge on any atom is 1.00 e. The summed E-state index contributed by atoms with van der Waals surface area (Å²) in [7, 11) is 0. The summed E-state index contributed by atoms with van der Waals surface area (Å²) in [5.74, 6) is -1.06. The summed E-state index contributed by atoms with van der Waals surface area (Å²) in [6.45, 7) is 0. The van der Waals surface area contributed by atoms with Crippen molar-refractivity contribution >= 4 is 11.8 Å². The van der Waals surface area contributed by atoms with Gasteiger partial charge in [-0.3, -0.25) is 0 Å². The number of hydrogen-bond acceptors (Lipinski definition) is 4. The number of nitrogens with two attached hydrogens (primary N) is 1. The van der Waals surface area contributed by atoms with E-state index in [0.29, 0.717) is 6.04 Å². The molecular formula is C7H8KN3O2. The molecule has 13 heavy (non-hydrogen) atoms. The average Bonchev–Trinajstić information content (AvgIpc) is 2.75. The molecule has 1 fully saturated rings. The van der Waals surface area contributed by atoms with E-state index in [1.54, 1.807) is 4.68 Å². The molecule has 1 aromatic heterocycles. The number of rotatable bonds is 2. The van der Waals surface area contributed by atoms with E-state index in [2.05, 4.69) is 5.10 Å². The summed E-state index contributed by atoms with van der Waals surface area (Å²) in [6.07, 6.45) is 3.29. The molecule has 5 nitrogen and oxygen atoms in total. The van der Waals surface area contributed by atoms with Crippen molar-refractivity contribution in [1.29, 1.82) is 0 Å². The first-order chi connectivity index (χ1) is 5.70. The number of anilines is 1. The van der Waals surface area contributed by atoms with Gasteiger partial charge in [0.1, 0.15) is 5.82 Å². The molecule has 2 N–H and O–H groups in total. The molecule has 0 atom stereocenters. The number of carboxylic acids is 1. The second-order valence-electron chi connectivity index (χ2n) is 2.91. The summed E-state index contributed by atoms with van der Waals surface area (Å²) in [5.41, 5.74) is 5.51. The second kappa shape index (κ2) is 4.10. The molecule has 0 spiro atoms. The zero-order chi connectivity index (χ0) is 8.72. The topological polar surface area (TPSA) is 84.0 Å². The third kappa shape index (κ3) is 2.13. The Labute approximate surface area is 118 Å². The van der Waals surface area contributed by atoms with Gasteiger partial charge in [0.05, 0.1) is 23.8 Å². The Morgan fingerprint density at radius 1 is 1.69 bits per heavy atom. The minimum absolute atomic E-state index is 0. The molecule has 0 bridgehead atoms. The Kier molecular flexibility index (Phi) is 3.53. The normalized spacial score (nSPS) is 15.1. The molecule has 1 aliphatic rings. The Hall–Kier alpha value is 0.116. The zero-order valence-electron chi connectivity index (χ0n) is 7.36. The molecule has 0 aliphatic heterocycles. The maximum atomic E-state index is 10.4. The molecule has 0 unspecified atom stereocenters. The van der Waals surface area contributed by atoms with Gasteiger partial charge in [0.2, 0.25) is 0 Å². The summed E-state index contributed by atoms with van der Waals surface area (Å²) in [6, 6.07) is 0.304. The van der Waals surface area contributed by atoms with Crippen LogP contribution < -0.4 is 62.2 Å². The van der Waals surface area contributed by atoms with Crippen molar-refractivity contribution in [2.45, 2.75) is 18.9 Å². The van der Waals surface area contributed by atoms with Gasteiger partial charge in [-0.25, -0.2) is 4.68 Å². The third-order valence-corrected chi connectivity index (χ3v) is 1.95. The van der Waals surface area contributed by atoms with E-state index in [1.165, 1.54) is 6.20 Å². The second-order valence-corrected chi connectivity index (χ2v) is 2.91. The van der Waals surface area contributed by atoms with E-state index in [4.69, 9.17) is 5.73 Å². The fourth-order valence-electron chi connectivity index (χ4n) is 1.14. The minimum atomic E-state index is -1.26. The number of nitrogens with zero attached hydrogens (tertiary/aromatic N) is 2. The minimum Gasteiger partial charge on any atom is -0.545 e. The van der Waals surface area contributed by atoms with Crippen LogP contribution in [0.25, 0.3) is 0 Å². The maximum absolute atomic E-state index is 10.4. The van der Waals surface area contributed by atoms with Gasteiger partial charge in [0.25, 0.3) is 0 Å². The SMILES string of the molecule is Nc1c(C(=O)[O-])cnn1C1CC1.[K+]. The molecule has 64 valence electrons. The summed E-state index contributed by atoms with van der Waals surface area (Å²) < 4.78 is 1.55. The van der Waals surface area contributed by atoms with Crippen LogP contribution in [-0.4, -0.2) is 15.7 Å². The monoisotopic (exact) mass is 205 g/mol. The van der Waals surface area contributed by atoms with Crippen molar-refractivity contribution in [3.8, 4) is 0 Å². The van der Waals surface area contributed by atoms with Gasteiger partial charge in [-0.1, -0.05) is 0 Å². The molecule has 2 rings (SSSR count). The van der Waals surface area contributed by atoms with Gasteiger partial charge in [-0.2, -0.15) is 5.10 Å². The summed E-state index contributed by atoms with van der Waals surface area (Å²) in [5, 5.41) is 14.3. The van der Waals surface area contributed by atoms with Gasteiger partial charge >= 0.3 is 51.4 Å². The van der Waals surface area contributed by atoms with Crippen molar-refractivity contribution in [3.05, 3.63) is 11.8 Å². The van der Waals surface area contributed by atoms with Crippen LogP contribution in [0.2, 0.25) is 0 Å². The molecule has 1 aliphatic carbocycles. The Bertz CT molecular complexity index is 332. The quantitative estimate of drug-likeness (QED) is 0.501. The molecule has 1 heterocycles. The molecule has 1 aromatic rings. The molecule has 0 radical (unpaired) electrons. The van der Waals surface area contributed by atoms with Crippen LogP contribution in [-0.2, 0) is 0 Å². The predicted molar refractivity (Wildman–Crippen MR) is 39.2 cm³/mol. The fraction of sp³-hybridized carbons (Fsp3) is 0.429. The van der Waals surface area contributed by atoms with E-state index in [1.807, 2.05) is 0 Å². The molecule has 0 aromatic carbocycles. The van der Waals surface area contributed by atoms with Gasteiger partial charge < -0.3 is 15.6 Å². The third-order valence-electron chi connectivity index (χ3n) is 1.95. The first-order valence-corrected chi connectivity index (χ1v) is 3.74. The Balaban J connectivity index is 0.000000845. The van der Waals surface area contributed by atoms with Crippen molar-refractivity contribution in [1.82, 2.24) is 9.78 Å². The van der Waals surface area contributed by atoms with E-state index >= 15 is 0 Å². The number of carboxylic acid groups (broad SMARTS) is 1. The van der Waals surface area contributed by atoms with Crippen molar-refractivity contribution < 1.29 is 61.3 Å². The van der Waals surface area contributed by atoms with Crippen LogP contribution in [0.4, 0.5) is 5.82 Å². The average molecular weight is 205 g/mol. The molecule has 6 heteroatoms. The van der Waals surface area contributed by atoms with E-state index in [-0.39, 0.29) is 62.8 Å². The first kappa shape index (κ1) is 11.2. The number of aromatic carboxylic acids is 1. The fourth-order valence-corrected chi connectivity index (χ4v) is 1.14.